The second kappa shape index (κ2) is 11.5. The highest BCUT2D eigenvalue weighted by molar-refractivity contribution is 7.16. The van der Waals surface area contributed by atoms with Crippen LogP contribution >= 0.6 is 11.3 Å². The Kier molecular flexibility index (Phi) is 7.52. The molecule has 13 heteroatoms. The molecule has 44 heavy (non-hydrogen) atoms. The number of anilines is 3. The highest BCUT2D eigenvalue weighted by Gasteiger charge is 2.43. The number of nitrogen functional groups attached to an aromatic ring is 1. The number of nitrogens with two attached hydrogens (primary N) is 1. The fourth-order valence-electron chi connectivity index (χ4n) is 6.89. The molecule has 1 amide bonds. The highest BCUT2D eigenvalue weighted by Crippen LogP contribution is 2.48. The van der Waals surface area contributed by atoms with Gasteiger partial charge in [0.1, 0.15) is 22.6 Å². The van der Waals surface area contributed by atoms with Gasteiger partial charge in [-0.2, -0.15) is 10.2 Å². The molecule has 4 aliphatic rings. The maximum Gasteiger partial charge on any atom is 0.246 e. The van der Waals surface area contributed by atoms with Gasteiger partial charge in [0.15, 0.2) is 0 Å². The number of fused-ring (bicyclic) bond motifs is 1. The van der Waals surface area contributed by atoms with Crippen molar-refractivity contribution in [1.29, 1.82) is 5.26 Å². The molecule has 12 nitrogen and oxygen atoms in total. The van der Waals surface area contributed by atoms with Gasteiger partial charge in [0.05, 0.1) is 30.2 Å². The number of rotatable bonds is 6. The summed E-state index contributed by atoms with van der Waals surface area (Å²) in [5, 5.41) is 14.9. The molecular weight excluding hydrogens is 578 g/mol. The van der Waals surface area contributed by atoms with Gasteiger partial charge in [-0.3, -0.25) is 9.69 Å². The third-order valence-corrected chi connectivity index (χ3v) is 10.7. The number of carbonyl (C=O) groups excluding carboxylic acids is 1. The van der Waals surface area contributed by atoms with Crippen LogP contribution in [0.4, 0.5) is 16.5 Å². The molecule has 7 rings (SSSR count). The number of ether oxygens (including phenoxy) is 1. The molecule has 3 aromatic rings. The van der Waals surface area contributed by atoms with Crippen molar-refractivity contribution in [2.24, 2.45) is 0 Å². The Morgan fingerprint density at radius 2 is 1.89 bits per heavy atom. The molecule has 3 aliphatic heterocycles. The fourth-order valence-corrected chi connectivity index (χ4v) is 8.08. The summed E-state index contributed by atoms with van der Waals surface area (Å²) in [6, 6.07) is 6.99. The minimum absolute atomic E-state index is 0.0406. The van der Waals surface area contributed by atoms with E-state index in [0.29, 0.717) is 60.2 Å². The average Bonchev–Trinajstić information content (AvgIpc) is 3.66. The molecule has 2 N–H and O–H groups in total. The number of aromatic nitrogens is 3. The number of aryl methyl sites for hydroxylation is 1. The van der Waals surface area contributed by atoms with E-state index in [1.165, 1.54) is 17.4 Å². The minimum Gasteiger partial charge on any atom is -0.389 e. The van der Waals surface area contributed by atoms with Crippen LogP contribution < -0.4 is 15.5 Å². The van der Waals surface area contributed by atoms with Crippen molar-refractivity contribution in [3.8, 4) is 17.6 Å². The highest BCUT2D eigenvalue weighted by atomic mass is 32.1. The van der Waals surface area contributed by atoms with Gasteiger partial charge < -0.3 is 29.7 Å². The van der Waals surface area contributed by atoms with E-state index in [9.17, 15) is 10.1 Å². The Labute approximate surface area is 260 Å². The van der Waals surface area contributed by atoms with Crippen LogP contribution in [0.15, 0.2) is 29.3 Å². The van der Waals surface area contributed by atoms with Crippen molar-refractivity contribution in [3.63, 3.8) is 0 Å². The molecule has 3 fully saturated rings. The van der Waals surface area contributed by atoms with Crippen molar-refractivity contribution in [1.82, 2.24) is 24.9 Å². The number of thiophene rings is 1. The molecule has 1 aliphatic carbocycles. The van der Waals surface area contributed by atoms with Crippen LogP contribution in [0.25, 0.3) is 11.5 Å². The fraction of sp³-hybridized carbons (Fsp3) is 0.516. The number of pyridine rings is 1. The first-order valence-corrected chi connectivity index (χ1v) is 16.1. The maximum absolute atomic E-state index is 12.2. The predicted molar refractivity (Wildman–Crippen MR) is 168 cm³/mol. The Morgan fingerprint density at radius 3 is 2.57 bits per heavy atom. The Balaban J connectivity index is 1.21. The van der Waals surface area contributed by atoms with Crippen LogP contribution in [0.3, 0.4) is 0 Å². The van der Waals surface area contributed by atoms with E-state index in [1.54, 1.807) is 0 Å². The van der Waals surface area contributed by atoms with Crippen LogP contribution in [0.5, 0.6) is 0 Å². The summed E-state index contributed by atoms with van der Waals surface area (Å²) in [6.45, 7) is 13.6. The summed E-state index contributed by atoms with van der Waals surface area (Å²) >= 11 is 1.49. The number of amides is 1. The number of nitriles is 1. The van der Waals surface area contributed by atoms with Gasteiger partial charge in [0.2, 0.25) is 17.6 Å². The minimum atomic E-state index is -0.603. The van der Waals surface area contributed by atoms with Gasteiger partial charge in [-0.05, 0) is 38.3 Å². The van der Waals surface area contributed by atoms with Crippen molar-refractivity contribution < 1.29 is 14.1 Å². The SMILES string of the molecule is C=CC(=O)N1CCN(c2cc(-c3noc(C4(C)CCCc5sc(N)c(C#N)c54)n3)nc(N3CCN(C4COC4)CC3)c2)CC1. The van der Waals surface area contributed by atoms with Gasteiger partial charge in [-0.1, -0.05) is 11.7 Å². The Bertz CT molecular complexity index is 1610. The Morgan fingerprint density at radius 1 is 1.14 bits per heavy atom. The van der Waals surface area contributed by atoms with Gasteiger partial charge in [-0.25, -0.2) is 4.98 Å². The zero-order chi connectivity index (χ0) is 30.4. The number of hydrogen-bond acceptors (Lipinski definition) is 12. The summed E-state index contributed by atoms with van der Waals surface area (Å²) in [5.41, 5.74) is 8.74. The molecule has 1 unspecified atom stereocenters. The van der Waals surface area contributed by atoms with Crippen LogP contribution in [0, 0.1) is 11.3 Å². The van der Waals surface area contributed by atoms with Gasteiger partial charge in [0, 0.05) is 74.6 Å². The molecule has 1 atom stereocenters. The zero-order valence-electron chi connectivity index (χ0n) is 25.0. The number of piperazine rings is 2. The van der Waals surface area contributed by atoms with Crippen LogP contribution in [0.2, 0.25) is 0 Å². The van der Waals surface area contributed by atoms with Crippen molar-refractivity contribution in [2.75, 3.05) is 81.1 Å². The monoisotopic (exact) mass is 615 g/mol. The normalized spacial score (nSPS) is 22.8. The average molecular weight is 616 g/mol. The van der Waals surface area contributed by atoms with Crippen LogP contribution in [-0.4, -0.2) is 102 Å². The molecule has 230 valence electrons. The first-order valence-electron chi connectivity index (χ1n) is 15.3. The van der Waals surface area contributed by atoms with Gasteiger partial charge in [0.25, 0.3) is 0 Å². The summed E-state index contributed by atoms with van der Waals surface area (Å²) in [4.78, 5) is 32.2. The molecule has 3 aromatic heterocycles. The maximum atomic E-state index is 12.2. The van der Waals surface area contributed by atoms with Crippen molar-refractivity contribution in [3.05, 3.63) is 46.7 Å². The predicted octanol–water partition coefficient (Wildman–Crippen LogP) is 2.64. The van der Waals surface area contributed by atoms with E-state index in [0.717, 1.165) is 80.6 Å². The summed E-state index contributed by atoms with van der Waals surface area (Å²) < 4.78 is 11.4. The summed E-state index contributed by atoms with van der Waals surface area (Å²) in [7, 11) is 0. The van der Waals surface area contributed by atoms with E-state index in [1.807, 2.05) is 11.0 Å². The first-order chi connectivity index (χ1) is 21.4. The van der Waals surface area contributed by atoms with Gasteiger partial charge >= 0.3 is 0 Å². The van der Waals surface area contributed by atoms with E-state index >= 15 is 0 Å². The smallest absolute Gasteiger partial charge is 0.246 e. The lowest BCUT2D eigenvalue weighted by Gasteiger charge is -2.43. The van der Waals surface area contributed by atoms with E-state index in [4.69, 9.17) is 25.0 Å². The van der Waals surface area contributed by atoms with E-state index in [-0.39, 0.29) is 5.91 Å². The second-order valence-corrected chi connectivity index (χ2v) is 13.3. The third kappa shape index (κ3) is 5.00. The number of nitrogens with zero attached hydrogens (tertiary/aromatic N) is 8. The summed E-state index contributed by atoms with van der Waals surface area (Å²) in [6.07, 6.45) is 4.00. The lowest BCUT2D eigenvalue weighted by atomic mass is 9.72. The van der Waals surface area contributed by atoms with Crippen molar-refractivity contribution >= 4 is 33.8 Å². The molecule has 0 saturated carbocycles. The molecule has 0 spiro atoms. The van der Waals surface area contributed by atoms with E-state index < -0.39 is 5.41 Å². The number of carbonyl (C=O) groups is 1. The molecule has 0 aromatic carbocycles. The van der Waals surface area contributed by atoms with E-state index in [2.05, 4.69) is 45.5 Å². The zero-order valence-corrected chi connectivity index (χ0v) is 25.8. The van der Waals surface area contributed by atoms with Gasteiger partial charge in [-0.15, -0.1) is 11.3 Å². The molecule has 0 radical (unpaired) electrons. The lowest BCUT2D eigenvalue weighted by molar-refractivity contribution is -0.126. The lowest BCUT2D eigenvalue weighted by Crippen LogP contribution is -2.56. The molecule has 6 heterocycles. The quantitative estimate of drug-likeness (QED) is 0.409. The topological polar surface area (TPSA) is 141 Å². The largest absolute Gasteiger partial charge is 0.389 e. The summed E-state index contributed by atoms with van der Waals surface area (Å²) in [5.74, 6) is 1.73. The Hall–Kier alpha value is -3.99. The number of hydrogen-bond donors (Lipinski definition) is 1. The molecule has 0 bridgehead atoms. The molecule has 3 saturated heterocycles. The molecular formula is C31H37N9O3S. The van der Waals surface area contributed by atoms with Crippen LogP contribution in [-0.2, 0) is 21.4 Å². The first kappa shape index (κ1) is 28.8. The standard InChI is InChI=1S/C31H37N9O3S/c1-3-26(41)40-13-9-37(10-14-40)20-15-23(34-25(16-20)39-11-7-38(8-12-39)21-18-42-19-21)29-35-30(43-36-29)31(2)6-4-5-24-27(31)22(17-32)28(33)44-24/h3,15-16,21H,1,4-14,18-19,33H2,2H3. The third-order valence-electron chi connectivity index (χ3n) is 9.58. The van der Waals surface area contributed by atoms with Crippen LogP contribution in [0.1, 0.15) is 41.7 Å². The second-order valence-electron chi connectivity index (χ2n) is 12.2. The van der Waals surface area contributed by atoms with Crippen molar-refractivity contribution in [2.45, 2.75) is 37.6 Å².